The minimum absolute atomic E-state index is 0.0451. The standard InChI is InChI=1S/C27H34N2O8/c1-28(2)11-8-12-29-23(17-14-20(35-5)26(37-7)21(15-17)36-6)22(25(31)27(29)32)24(30)16-9-10-18(33-3)19(13-16)34-4/h9-10,13-15,23,30H,8,11-12H2,1-7H3/t23-/m0/s1. The fourth-order valence-electron chi connectivity index (χ4n) is 4.41. The summed E-state index contributed by atoms with van der Waals surface area (Å²) in [5.74, 6) is 0.131. The number of amides is 1. The SMILES string of the molecule is COc1ccc(C(O)=C2C(=O)C(=O)N(CCCN(C)C)[C@H]2c2cc(OC)c(OC)c(OC)c2)cc1OC. The lowest BCUT2D eigenvalue weighted by Crippen LogP contribution is -2.32. The lowest BCUT2D eigenvalue weighted by Gasteiger charge is -2.27. The molecule has 1 amide bonds. The number of benzene rings is 2. The first-order valence-corrected chi connectivity index (χ1v) is 11.7. The van der Waals surface area contributed by atoms with Gasteiger partial charge in [0.1, 0.15) is 5.76 Å². The molecule has 0 aromatic heterocycles. The molecule has 0 aliphatic carbocycles. The minimum Gasteiger partial charge on any atom is -0.507 e. The number of Topliss-reactive ketones (excluding diaryl/α,β-unsaturated/α-hetero) is 1. The number of likely N-dealkylation sites (tertiary alicyclic amines) is 1. The zero-order valence-corrected chi connectivity index (χ0v) is 22.3. The summed E-state index contributed by atoms with van der Waals surface area (Å²) in [5.41, 5.74) is 0.790. The van der Waals surface area contributed by atoms with E-state index in [0.29, 0.717) is 59.4 Å². The number of aliphatic hydroxyl groups is 1. The Kier molecular flexibility index (Phi) is 8.88. The number of aliphatic hydroxyl groups excluding tert-OH is 1. The Balaban J connectivity index is 2.24. The summed E-state index contributed by atoms with van der Waals surface area (Å²) in [6.45, 7) is 1.01. The van der Waals surface area contributed by atoms with Crippen LogP contribution in [0.5, 0.6) is 28.7 Å². The number of rotatable bonds is 11. The van der Waals surface area contributed by atoms with Crippen LogP contribution in [0.15, 0.2) is 35.9 Å². The van der Waals surface area contributed by atoms with Crippen molar-refractivity contribution in [3.8, 4) is 28.7 Å². The van der Waals surface area contributed by atoms with Crippen LogP contribution in [0, 0.1) is 0 Å². The van der Waals surface area contributed by atoms with Gasteiger partial charge in [-0.2, -0.15) is 0 Å². The van der Waals surface area contributed by atoms with Crippen LogP contribution in [0.25, 0.3) is 5.76 Å². The zero-order chi connectivity index (χ0) is 27.3. The average Bonchev–Trinajstić information content (AvgIpc) is 3.16. The van der Waals surface area contributed by atoms with E-state index >= 15 is 0 Å². The number of ether oxygens (including phenoxy) is 5. The van der Waals surface area contributed by atoms with Crippen molar-refractivity contribution in [3.63, 3.8) is 0 Å². The Hall–Kier alpha value is -3.92. The number of ketones is 1. The third-order valence-corrected chi connectivity index (χ3v) is 6.20. The van der Waals surface area contributed by atoms with Gasteiger partial charge in [0.15, 0.2) is 23.0 Å². The predicted octanol–water partition coefficient (Wildman–Crippen LogP) is 3.10. The number of methoxy groups -OCH3 is 5. The first-order chi connectivity index (χ1) is 17.7. The summed E-state index contributed by atoms with van der Waals surface area (Å²) in [5, 5.41) is 11.4. The second kappa shape index (κ2) is 11.9. The summed E-state index contributed by atoms with van der Waals surface area (Å²) in [6.07, 6.45) is 0.622. The molecule has 200 valence electrons. The topological polar surface area (TPSA) is 107 Å². The molecule has 1 atom stereocenters. The maximum absolute atomic E-state index is 13.4. The highest BCUT2D eigenvalue weighted by Gasteiger charge is 2.46. The van der Waals surface area contributed by atoms with Gasteiger partial charge in [-0.05, 0) is 63.0 Å². The summed E-state index contributed by atoms with van der Waals surface area (Å²) in [7, 11) is 11.3. The normalized spacial score (nSPS) is 16.8. The Morgan fingerprint density at radius 3 is 1.97 bits per heavy atom. The zero-order valence-electron chi connectivity index (χ0n) is 22.3. The molecule has 1 aliphatic heterocycles. The van der Waals surface area contributed by atoms with Crippen molar-refractivity contribution >= 4 is 17.4 Å². The fourth-order valence-corrected chi connectivity index (χ4v) is 4.41. The van der Waals surface area contributed by atoms with Gasteiger partial charge in [-0.15, -0.1) is 0 Å². The van der Waals surface area contributed by atoms with Crippen LogP contribution < -0.4 is 23.7 Å². The van der Waals surface area contributed by atoms with Gasteiger partial charge in [0, 0.05) is 12.1 Å². The van der Waals surface area contributed by atoms with E-state index in [0.717, 1.165) is 0 Å². The fraction of sp³-hybridized carbons (Fsp3) is 0.407. The van der Waals surface area contributed by atoms with E-state index in [4.69, 9.17) is 23.7 Å². The Bertz CT molecular complexity index is 1170. The van der Waals surface area contributed by atoms with E-state index in [1.54, 1.807) is 30.3 Å². The average molecular weight is 515 g/mol. The highest BCUT2D eigenvalue weighted by atomic mass is 16.5. The van der Waals surface area contributed by atoms with E-state index in [9.17, 15) is 14.7 Å². The van der Waals surface area contributed by atoms with Crippen LogP contribution in [0.2, 0.25) is 0 Å². The van der Waals surface area contributed by atoms with Gasteiger partial charge < -0.3 is 38.6 Å². The lowest BCUT2D eigenvalue weighted by molar-refractivity contribution is -0.139. The van der Waals surface area contributed by atoms with Crippen LogP contribution in [-0.4, -0.2) is 89.3 Å². The van der Waals surface area contributed by atoms with Crippen LogP contribution in [0.4, 0.5) is 0 Å². The number of nitrogens with zero attached hydrogens (tertiary/aromatic N) is 2. The second-order valence-corrected chi connectivity index (χ2v) is 8.68. The summed E-state index contributed by atoms with van der Waals surface area (Å²) >= 11 is 0. The van der Waals surface area contributed by atoms with Crippen molar-refractivity contribution in [2.45, 2.75) is 12.5 Å². The van der Waals surface area contributed by atoms with Crippen molar-refractivity contribution in [3.05, 3.63) is 47.0 Å². The maximum atomic E-state index is 13.4. The van der Waals surface area contributed by atoms with Crippen LogP contribution in [-0.2, 0) is 9.59 Å². The Morgan fingerprint density at radius 1 is 0.865 bits per heavy atom. The molecular formula is C27H34N2O8. The summed E-state index contributed by atoms with van der Waals surface area (Å²) < 4.78 is 27.1. The van der Waals surface area contributed by atoms with E-state index in [1.165, 1.54) is 40.4 Å². The molecule has 0 spiro atoms. The molecule has 10 heteroatoms. The highest BCUT2D eigenvalue weighted by molar-refractivity contribution is 6.46. The molecule has 0 radical (unpaired) electrons. The molecule has 10 nitrogen and oxygen atoms in total. The first kappa shape index (κ1) is 27.7. The Labute approximate surface area is 216 Å². The molecule has 1 saturated heterocycles. The molecule has 2 aromatic carbocycles. The molecule has 1 aliphatic rings. The number of hydrogen-bond donors (Lipinski definition) is 1. The van der Waals surface area contributed by atoms with Crippen molar-refractivity contribution < 1.29 is 38.4 Å². The van der Waals surface area contributed by atoms with Crippen molar-refractivity contribution in [1.29, 1.82) is 0 Å². The molecule has 1 N–H and O–H groups in total. The first-order valence-electron chi connectivity index (χ1n) is 11.7. The quantitative estimate of drug-likeness (QED) is 0.275. The molecule has 0 bridgehead atoms. The van der Waals surface area contributed by atoms with E-state index in [-0.39, 0.29) is 11.3 Å². The molecule has 0 saturated carbocycles. The van der Waals surface area contributed by atoms with E-state index in [1.807, 2.05) is 19.0 Å². The second-order valence-electron chi connectivity index (χ2n) is 8.68. The molecule has 0 unspecified atom stereocenters. The van der Waals surface area contributed by atoms with Crippen LogP contribution in [0.3, 0.4) is 0 Å². The largest absolute Gasteiger partial charge is 0.507 e. The smallest absolute Gasteiger partial charge is 0.295 e. The van der Waals surface area contributed by atoms with Gasteiger partial charge in [0.25, 0.3) is 11.7 Å². The lowest BCUT2D eigenvalue weighted by atomic mass is 9.94. The van der Waals surface area contributed by atoms with Gasteiger partial charge in [0.05, 0.1) is 47.2 Å². The summed E-state index contributed by atoms with van der Waals surface area (Å²) in [6, 6.07) is 7.25. The third kappa shape index (κ3) is 5.43. The predicted molar refractivity (Wildman–Crippen MR) is 138 cm³/mol. The summed E-state index contributed by atoms with van der Waals surface area (Å²) in [4.78, 5) is 30.1. The van der Waals surface area contributed by atoms with Crippen molar-refractivity contribution in [1.82, 2.24) is 9.80 Å². The van der Waals surface area contributed by atoms with Crippen molar-refractivity contribution in [2.24, 2.45) is 0 Å². The van der Waals surface area contributed by atoms with E-state index in [2.05, 4.69) is 0 Å². The van der Waals surface area contributed by atoms with Gasteiger partial charge in [0.2, 0.25) is 5.75 Å². The minimum atomic E-state index is -0.885. The third-order valence-electron chi connectivity index (χ3n) is 6.20. The molecule has 1 heterocycles. The van der Waals surface area contributed by atoms with Gasteiger partial charge in [-0.25, -0.2) is 0 Å². The number of carbonyl (C=O) groups excluding carboxylic acids is 2. The number of hydrogen-bond acceptors (Lipinski definition) is 9. The van der Waals surface area contributed by atoms with E-state index < -0.39 is 17.7 Å². The molecular weight excluding hydrogens is 480 g/mol. The Morgan fingerprint density at radius 2 is 1.46 bits per heavy atom. The van der Waals surface area contributed by atoms with Crippen LogP contribution >= 0.6 is 0 Å². The van der Waals surface area contributed by atoms with Crippen LogP contribution in [0.1, 0.15) is 23.6 Å². The molecule has 1 fully saturated rings. The molecule has 3 rings (SSSR count). The molecule has 37 heavy (non-hydrogen) atoms. The number of carbonyl (C=O) groups is 2. The maximum Gasteiger partial charge on any atom is 0.295 e. The highest BCUT2D eigenvalue weighted by Crippen LogP contribution is 2.46. The van der Waals surface area contributed by atoms with Gasteiger partial charge >= 0.3 is 0 Å². The van der Waals surface area contributed by atoms with Crippen molar-refractivity contribution in [2.75, 3.05) is 62.7 Å². The monoisotopic (exact) mass is 514 g/mol. The van der Waals surface area contributed by atoms with Gasteiger partial charge in [-0.1, -0.05) is 0 Å². The van der Waals surface area contributed by atoms with Gasteiger partial charge in [-0.3, -0.25) is 9.59 Å². The molecule has 2 aromatic rings.